The van der Waals surface area contributed by atoms with Crippen LogP contribution in [0.15, 0.2) is 53.1 Å². The first kappa shape index (κ1) is 23.1. The van der Waals surface area contributed by atoms with Crippen molar-refractivity contribution < 1.29 is 9.90 Å². The Balaban J connectivity index is 0.000000363. The van der Waals surface area contributed by atoms with Crippen molar-refractivity contribution in [3.8, 4) is 12.3 Å². The van der Waals surface area contributed by atoms with Crippen molar-refractivity contribution in [1.29, 1.82) is 0 Å². The molecule has 1 N–H and O–H groups in total. The van der Waals surface area contributed by atoms with Gasteiger partial charge in [-0.25, -0.2) is 0 Å². The number of hydrogen-bond donors (Lipinski definition) is 1. The van der Waals surface area contributed by atoms with Crippen LogP contribution in [0.2, 0.25) is 0 Å². The Bertz CT molecular complexity index is 968. The van der Waals surface area contributed by atoms with Crippen LogP contribution in [0.3, 0.4) is 0 Å². The van der Waals surface area contributed by atoms with Gasteiger partial charge in [-0.05, 0) is 99.3 Å². The molecule has 0 saturated heterocycles. The molecule has 0 spiro atoms. The summed E-state index contributed by atoms with van der Waals surface area (Å²) in [6.45, 7) is 8.36. The van der Waals surface area contributed by atoms with E-state index in [1.807, 2.05) is 26.8 Å². The topological polar surface area (TPSA) is 37.3 Å². The van der Waals surface area contributed by atoms with Crippen molar-refractivity contribution >= 4 is 5.78 Å². The SMILES string of the molecule is C#CC(C)(C)C.CC12CC(c3ccccc3)C3=C4CCC(=O)C=C4CCC3C1CCC2O. The predicted octanol–water partition coefficient (Wildman–Crippen LogP) is 6.61. The van der Waals surface area contributed by atoms with Crippen LogP contribution in [-0.4, -0.2) is 17.0 Å². The first-order chi connectivity index (χ1) is 15.1. The van der Waals surface area contributed by atoms with E-state index in [2.05, 4.69) is 43.2 Å². The van der Waals surface area contributed by atoms with E-state index in [-0.39, 0.29) is 16.9 Å². The second-order valence-electron chi connectivity index (χ2n) is 11.5. The summed E-state index contributed by atoms with van der Waals surface area (Å²) in [5.74, 6) is 4.47. The maximum atomic E-state index is 12.0. The minimum absolute atomic E-state index is 0.0287. The summed E-state index contributed by atoms with van der Waals surface area (Å²) < 4.78 is 0. The van der Waals surface area contributed by atoms with Gasteiger partial charge in [-0.15, -0.1) is 12.3 Å². The molecule has 2 heteroatoms. The number of rotatable bonds is 1. The Morgan fingerprint density at radius 1 is 1.06 bits per heavy atom. The average Bonchev–Trinajstić information content (AvgIpc) is 3.07. The van der Waals surface area contributed by atoms with Crippen LogP contribution in [-0.2, 0) is 4.79 Å². The number of carbonyl (C=O) groups is 1. The van der Waals surface area contributed by atoms with E-state index in [1.54, 1.807) is 5.57 Å². The van der Waals surface area contributed by atoms with Gasteiger partial charge < -0.3 is 5.11 Å². The zero-order valence-corrected chi connectivity index (χ0v) is 20.2. The third-order valence-corrected chi connectivity index (χ3v) is 8.32. The van der Waals surface area contributed by atoms with Gasteiger partial charge in [0.25, 0.3) is 0 Å². The van der Waals surface area contributed by atoms with E-state index < -0.39 is 0 Å². The Labute approximate surface area is 194 Å². The number of aliphatic hydroxyl groups is 1. The molecule has 2 saturated carbocycles. The molecule has 2 nitrogen and oxygen atoms in total. The molecule has 32 heavy (non-hydrogen) atoms. The lowest BCUT2D eigenvalue weighted by Crippen LogP contribution is -2.45. The monoisotopic (exact) mass is 430 g/mol. The number of aliphatic hydroxyl groups excluding tert-OH is 1. The van der Waals surface area contributed by atoms with Gasteiger partial charge in [0.15, 0.2) is 5.78 Å². The van der Waals surface area contributed by atoms with Gasteiger partial charge in [-0.3, -0.25) is 4.79 Å². The highest BCUT2D eigenvalue weighted by atomic mass is 16.3. The fourth-order valence-corrected chi connectivity index (χ4v) is 6.62. The first-order valence-corrected chi connectivity index (χ1v) is 12.3. The predicted molar refractivity (Wildman–Crippen MR) is 131 cm³/mol. The van der Waals surface area contributed by atoms with Gasteiger partial charge in [0.2, 0.25) is 0 Å². The lowest BCUT2D eigenvalue weighted by atomic mass is 9.53. The van der Waals surface area contributed by atoms with Gasteiger partial charge in [0.05, 0.1) is 6.10 Å². The number of carbonyl (C=O) groups excluding carboxylic acids is 1. The fraction of sp³-hybridized carbons (Fsp3) is 0.567. The Morgan fingerprint density at radius 2 is 1.75 bits per heavy atom. The largest absolute Gasteiger partial charge is 0.393 e. The molecule has 1 aromatic carbocycles. The van der Waals surface area contributed by atoms with Crippen LogP contribution in [0.1, 0.15) is 84.1 Å². The van der Waals surface area contributed by atoms with Crippen molar-refractivity contribution in [3.05, 3.63) is 58.7 Å². The molecule has 0 radical (unpaired) electrons. The molecule has 4 aliphatic rings. The van der Waals surface area contributed by atoms with Gasteiger partial charge >= 0.3 is 0 Å². The Morgan fingerprint density at radius 3 is 2.41 bits per heavy atom. The number of hydrogen-bond acceptors (Lipinski definition) is 2. The zero-order chi connectivity index (χ0) is 23.1. The Hall–Kier alpha value is -2.11. The van der Waals surface area contributed by atoms with Gasteiger partial charge in [-0.1, -0.05) is 42.8 Å². The van der Waals surface area contributed by atoms with Gasteiger partial charge in [0.1, 0.15) is 0 Å². The highest BCUT2D eigenvalue weighted by Crippen LogP contribution is 2.63. The van der Waals surface area contributed by atoms with Crippen molar-refractivity contribution in [2.45, 2.75) is 84.7 Å². The van der Waals surface area contributed by atoms with Crippen LogP contribution in [0, 0.1) is 35.0 Å². The van der Waals surface area contributed by atoms with E-state index >= 15 is 0 Å². The summed E-state index contributed by atoms with van der Waals surface area (Å²) in [5.41, 5.74) is 5.92. The van der Waals surface area contributed by atoms with Crippen molar-refractivity contribution in [2.24, 2.45) is 22.7 Å². The van der Waals surface area contributed by atoms with E-state index in [0.29, 0.717) is 30.0 Å². The maximum absolute atomic E-state index is 12.0. The molecule has 5 unspecified atom stereocenters. The number of fused-ring (bicyclic) bond motifs is 4. The smallest absolute Gasteiger partial charge is 0.156 e. The molecular formula is C30H38O2. The number of allylic oxidation sites excluding steroid dienone is 4. The minimum atomic E-state index is -0.171. The Kier molecular flexibility index (Phi) is 6.25. The molecule has 0 bridgehead atoms. The lowest BCUT2D eigenvalue weighted by Gasteiger charge is -2.52. The summed E-state index contributed by atoms with van der Waals surface area (Å²) >= 11 is 0. The summed E-state index contributed by atoms with van der Waals surface area (Å²) in [4.78, 5) is 12.0. The molecule has 170 valence electrons. The molecule has 4 aliphatic carbocycles. The van der Waals surface area contributed by atoms with Crippen molar-refractivity contribution in [2.75, 3.05) is 0 Å². The number of ketones is 1. The molecule has 1 aromatic rings. The molecule has 5 rings (SSSR count). The van der Waals surface area contributed by atoms with E-state index in [0.717, 1.165) is 38.5 Å². The molecule has 2 fully saturated rings. The maximum Gasteiger partial charge on any atom is 0.156 e. The van der Waals surface area contributed by atoms with Crippen LogP contribution in [0.5, 0.6) is 0 Å². The van der Waals surface area contributed by atoms with E-state index in [9.17, 15) is 9.90 Å². The van der Waals surface area contributed by atoms with Crippen LogP contribution in [0.4, 0.5) is 0 Å². The molecule has 0 aliphatic heterocycles. The van der Waals surface area contributed by atoms with Crippen molar-refractivity contribution in [1.82, 2.24) is 0 Å². The lowest BCUT2D eigenvalue weighted by molar-refractivity contribution is -0.114. The van der Waals surface area contributed by atoms with Crippen molar-refractivity contribution in [3.63, 3.8) is 0 Å². The summed E-state index contributed by atoms with van der Waals surface area (Å²) in [6, 6.07) is 10.9. The molecule has 0 aromatic heterocycles. The first-order valence-electron chi connectivity index (χ1n) is 12.3. The highest BCUT2D eigenvalue weighted by molar-refractivity contribution is 5.93. The van der Waals surface area contributed by atoms with Crippen LogP contribution >= 0.6 is 0 Å². The summed E-state index contributed by atoms with van der Waals surface area (Å²) in [7, 11) is 0. The normalized spacial score (nSPS) is 33.8. The van der Waals surface area contributed by atoms with E-state index in [4.69, 9.17) is 6.42 Å². The second kappa shape index (κ2) is 8.68. The van der Waals surface area contributed by atoms with Gasteiger partial charge in [0, 0.05) is 17.8 Å². The molecule has 5 atom stereocenters. The third kappa shape index (κ3) is 4.25. The summed E-state index contributed by atoms with van der Waals surface area (Å²) in [5, 5.41) is 10.8. The quantitative estimate of drug-likeness (QED) is 0.509. The number of benzene rings is 1. The minimum Gasteiger partial charge on any atom is -0.393 e. The highest BCUT2D eigenvalue weighted by Gasteiger charge is 2.56. The number of terminal acetylenes is 1. The second-order valence-corrected chi connectivity index (χ2v) is 11.5. The summed E-state index contributed by atoms with van der Waals surface area (Å²) in [6.07, 6.45) is 13.7. The molecular weight excluding hydrogens is 392 g/mol. The standard InChI is InChI=1S/C24H28O2.C6H10/c1-24-14-20(15-5-3-2-4-6-15)23-18-10-8-17(25)13-16(18)7-9-19(23)21(24)11-12-22(24)26;1-5-6(2,3)4/h2-6,13,19-22,26H,7-12,14H2,1H3;1H,2-4H3. The van der Waals surface area contributed by atoms with Gasteiger partial charge in [-0.2, -0.15) is 0 Å². The fourth-order valence-electron chi connectivity index (χ4n) is 6.62. The average molecular weight is 431 g/mol. The molecule has 0 heterocycles. The zero-order valence-electron chi connectivity index (χ0n) is 20.2. The van der Waals surface area contributed by atoms with Crippen LogP contribution < -0.4 is 0 Å². The molecule has 0 amide bonds. The third-order valence-electron chi connectivity index (χ3n) is 8.32. The van der Waals surface area contributed by atoms with E-state index in [1.165, 1.54) is 16.7 Å². The van der Waals surface area contributed by atoms with Crippen LogP contribution in [0.25, 0.3) is 0 Å².